The Morgan fingerprint density at radius 3 is 2.62 bits per heavy atom. The number of rotatable bonds is 3. The second kappa shape index (κ2) is 3.82. The second-order valence-electron chi connectivity index (χ2n) is 4.10. The number of carboxylic acids is 1. The maximum atomic E-state index is 13.4. The van der Waals surface area contributed by atoms with Crippen molar-refractivity contribution in [2.75, 3.05) is 0 Å². The lowest BCUT2D eigenvalue weighted by Gasteiger charge is -2.20. The molecule has 1 aliphatic carbocycles. The number of hydrogen-bond donors (Lipinski definition) is 2. The maximum Gasteiger partial charge on any atom is 0.321 e. The van der Waals surface area contributed by atoms with Gasteiger partial charge < -0.3 is 10.8 Å². The van der Waals surface area contributed by atoms with Crippen molar-refractivity contribution in [3.05, 3.63) is 34.1 Å². The zero-order valence-electron chi connectivity index (χ0n) is 8.41. The Morgan fingerprint density at radius 1 is 1.56 bits per heavy atom. The molecule has 16 heavy (non-hydrogen) atoms. The standard InChI is InChI=1S/C11H11BrFNO2/c12-7-2-1-6(5-8(7)13)11(3-4-11)9(14)10(15)16/h1-2,5,9H,3-4,14H2,(H,15,16). The lowest BCUT2D eigenvalue weighted by Crippen LogP contribution is -2.42. The van der Waals surface area contributed by atoms with Crippen LogP contribution in [-0.2, 0) is 10.2 Å². The molecule has 5 heteroatoms. The fraction of sp³-hybridized carbons (Fsp3) is 0.364. The molecule has 2 rings (SSSR count). The molecule has 1 fully saturated rings. The molecule has 1 aromatic rings. The van der Waals surface area contributed by atoms with Crippen LogP contribution in [0.25, 0.3) is 0 Å². The number of benzene rings is 1. The van der Waals surface area contributed by atoms with Crippen LogP contribution in [0.15, 0.2) is 22.7 Å². The van der Waals surface area contributed by atoms with E-state index >= 15 is 0 Å². The Labute approximate surface area is 101 Å². The van der Waals surface area contributed by atoms with Gasteiger partial charge in [-0.15, -0.1) is 0 Å². The highest BCUT2D eigenvalue weighted by atomic mass is 79.9. The summed E-state index contributed by atoms with van der Waals surface area (Å²) >= 11 is 3.06. The molecule has 0 bridgehead atoms. The van der Waals surface area contributed by atoms with Crippen molar-refractivity contribution < 1.29 is 14.3 Å². The highest BCUT2D eigenvalue weighted by Gasteiger charge is 2.52. The van der Waals surface area contributed by atoms with Gasteiger partial charge >= 0.3 is 5.97 Å². The molecule has 0 radical (unpaired) electrons. The first-order valence-corrected chi connectivity index (χ1v) is 5.70. The molecule has 1 aliphatic rings. The van der Waals surface area contributed by atoms with Crippen LogP contribution in [0.3, 0.4) is 0 Å². The van der Waals surface area contributed by atoms with E-state index < -0.39 is 17.4 Å². The Balaban J connectivity index is 2.37. The predicted octanol–water partition coefficient (Wildman–Crippen LogP) is 2.03. The fourth-order valence-corrected chi connectivity index (χ4v) is 2.20. The zero-order chi connectivity index (χ0) is 11.9. The van der Waals surface area contributed by atoms with Crippen molar-refractivity contribution in [2.45, 2.75) is 24.3 Å². The van der Waals surface area contributed by atoms with Gasteiger partial charge in [0.2, 0.25) is 0 Å². The molecule has 1 saturated carbocycles. The van der Waals surface area contributed by atoms with E-state index in [0.717, 1.165) is 0 Å². The monoisotopic (exact) mass is 287 g/mol. The molecule has 0 spiro atoms. The molecule has 0 aromatic heterocycles. The maximum absolute atomic E-state index is 13.4. The van der Waals surface area contributed by atoms with E-state index in [-0.39, 0.29) is 5.82 Å². The van der Waals surface area contributed by atoms with Gasteiger partial charge in [-0.1, -0.05) is 6.07 Å². The minimum absolute atomic E-state index is 0.371. The van der Waals surface area contributed by atoms with Crippen molar-refractivity contribution in [1.29, 1.82) is 0 Å². The minimum Gasteiger partial charge on any atom is -0.480 e. The van der Waals surface area contributed by atoms with Crippen molar-refractivity contribution >= 4 is 21.9 Å². The van der Waals surface area contributed by atoms with Crippen LogP contribution in [0.2, 0.25) is 0 Å². The van der Waals surface area contributed by atoms with Crippen LogP contribution in [0.5, 0.6) is 0 Å². The second-order valence-corrected chi connectivity index (χ2v) is 4.96. The van der Waals surface area contributed by atoms with Crippen molar-refractivity contribution in [1.82, 2.24) is 0 Å². The molecule has 1 aromatic carbocycles. The molecular weight excluding hydrogens is 277 g/mol. The van der Waals surface area contributed by atoms with Gasteiger partial charge in [0.1, 0.15) is 11.9 Å². The number of aliphatic carboxylic acids is 1. The minimum atomic E-state index is -1.04. The number of hydrogen-bond acceptors (Lipinski definition) is 2. The fourth-order valence-electron chi connectivity index (χ4n) is 1.96. The van der Waals surface area contributed by atoms with Gasteiger partial charge in [-0.05, 0) is 46.5 Å². The molecular formula is C11H11BrFNO2. The molecule has 3 N–H and O–H groups in total. The van der Waals surface area contributed by atoms with E-state index in [9.17, 15) is 9.18 Å². The molecule has 86 valence electrons. The van der Waals surface area contributed by atoms with Crippen LogP contribution in [0.4, 0.5) is 4.39 Å². The zero-order valence-corrected chi connectivity index (χ0v) is 10.00. The summed E-state index contributed by atoms with van der Waals surface area (Å²) in [6, 6.07) is 3.70. The first kappa shape index (κ1) is 11.5. The van der Waals surface area contributed by atoms with Gasteiger partial charge in [0, 0.05) is 5.41 Å². The first-order chi connectivity index (χ1) is 7.47. The van der Waals surface area contributed by atoms with Crippen LogP contribution in [0, 0.1) is 5.82 Å². The molecule has 0 saturated heterocycles. The SMILES string of the molecule is NC(C(=O)O)C1(c2ccc(Br)c(F)c2)CC1. The van der Waals surface area contributed by atoms with Crippen LogP contribution in [0.1, 0.15) is 18.4 Å². The summed E-state index contributed by atoms with van der Waals surface area (Å²) in [7, 11) is 0. The largest absolute Gasteiger partial charge is 0.480 e. The van der Waals surface area contributed by atoms with Gasteiger partial charge in [0.25, 0.3) is 0 Å². The summed E-state index contributed by atoms with van der Waals surface area (Å²) in [5.74, 6) is -1.43. The topological polar surface area (TPSA) is 63.3 Å². The van der Waals surface area contributed by atoms with Crippen molar-refractivity contribution in [3.8, 4) is 0 Å². The van der Waals surface area contributed by atoms with E-state index in [1.165, 1.54) is 6.07 Å². The van der Waals surface area contributed by atoms with Crippen molar-refractivity contribution in [2.24, 2.45) is 5.73 Å². The molecule has 3 nitrogen and oxygen atoms in total. The van der Waals surface area contributed by atoms with Crippen molar-refractivity contribution in [3.63, 3.8) is 0 Å². The predicted molar refractivity (Wildman–Crippen MR) is 60.6 cm³/mol. The molecule has 1 unspecified atom stereocenters. The third-order valence-corrected chi connectivity index (χ3v) is 3.79. The van der Waals surface area contributed by atoms with Gasteiger partial charge in [-0.3, -0.25) is 4.79 Å². The third kappa shape index (κ3) is 1.74. The summed E-state index contributed by atoms with van der Waals surface area (Å²) in [6.07, 6.45) is 1.39. The lowest BCUT2D eigenvalue weighted by atomic mass is 9.88. The number of nitrogens with two attached hydrogens (primary N) is 1. The number of halogens is 2. The summed E-state index contributed by atoms with van der Waals surface area (Å²) in [6.45, 7) is 0. The van der Waals surface area contributed by atoms with Crippen LogP contribution < -0.4 is 5.73 Å². The average molecular weight is 288 g/mol. The van der Waals surface area contributed by atoms with Gasteiger partial charge in [-0.25, -0.2) is 4.39 Å². The summed E-state index contributed by atoms with van der Waals surface area (Å²) in [5, 5.41) is 8.91. The Kier molecular flexibility index (Phi) is 2.75. The average Bonchev–Trinajstić information content (AvgIpc) is 3.02. The smallest absolute Gasteiger partial charge is 0.321 e. The lowest BCUT2D eigenvalue weighted by molar-refractivity contribution is -0.139. The third-order valence-electron chi connectivity index (χ3n) is 3.14. The quantitative estimate of drug-likeness (QED) is 0.894. The highest BCUT2D eigenvalue weighted by molar-refractivity contribution is 9.10. The first-order valence-electron chi connectivity index (χ1n) is 4.91. The highest BCUT2D eigenvalue weighted by Crippen LogP contribution is 2.50. The molecule has 0 aliphatic heterocycles. The van der Waals surface area contributed by atoms with Gasteiger partial charge in [0.15, 0.2) is 0 Å². The van der Waals surface area contributed by atoms with Crippen LogP contribution >= 0.6 is 15.9 Å². The van der Waals surface area contributed by atoms with E-state index in [4.69, 9.17) is 10.8 Å². The molecule has 1 atom stereocenters. The Bertz CT molecular complexity index is 446. The van der Waals surface area contributed by atoms with E-state index in [1.54, 1.807) is 12.1 Å². The van der Waals surface area contributed by atoms with E-state index in [0.29, 0.717) is 22.9 Å². The normalized spacial score (nSPS) is 19.2. The summed E-state index contributed by atoms with van der Waals surface area (Å²) < 4.78 is 13.7. The summed E-state index contributed by atoms with van der Waals surface area (Å²) in [4.78, 5) is 10.9. The summed E-state index contributed by atoms with van der Waals surface area (Å²) in [5.41, 5.74) is 5.74. The number of carboxylic acid groups (broad SMARTS) is 1. The Morgan fingerprint density at radius 2 is 2.19 bits per heavy atom. The van der Waals surface area contributed by atoms with Gasteiger partial charge in [0.05, 0.1) is 4.47 Å². The van der Waals surface area contributed by atoms with Crippen LogP contribution in [-0.4, -0.2) is 17.1 Å². The molecule has 0 amide bonds. The molecule has 0 heterocycles. The van der Waals surface area contributed by atoms with Gasteiger partial charge in [-0.2, -0.15) is 0 Å². The number of carbonyl (C=O) groups is 1. The van der Waals surface area contributed by atoms with E-state index in [2.05, 4.69) is 15.9 Å². The van der Waals surface area contributed by atoms with E-state index in [1.807, 2.05) is 0 Å². The Hall–Kier alpha value is -0.940.